The van der Waals surface area contributed by atoms with Gasteiger partial charge in [0.25, 0.3) is 0 Å². The van der Waals surface area contributed by atoms with Gasteiger partial charge in [-0.3, -0.25) is 0 Å². The van der Waals surface area contributed by atoms with E-state index in [9.17, 15) is 9.90 Å². The van der Waals surface area contributed by atoms with Gasteiger partial charge in [0.2, 0.25) is 10.6 Å². The first-order valence-electron chi connectivity index (χ1n) is 4.61. The summed E-state index contributed by atoms with van der Waals surface area (Å²) in [5, 5.41) is 10.3. The van der Waals surface area contributed by atoms with Gasteiger partial charge in [0.15, 0.2) is 0 Å². The summed E-state index contributed by atoms with van der Waals surface area (Å²) in [4.78, 5) is 21.5. The molecule has 0 bridgehead atoms. The average molecular weight is 308 g/mol. The fourth-order valence-corrected chi connectivity index (χ4v) is 1.47. The number of carbonyl (C=O) groups excluding carboxylic acids is 1. The Morgan fingerprint density at radius 3 is 2.05 bits per heavy atom. The van der Waals surface area contributed by atoms with Gasteiger partial charge in [-0.2, -0.15) is 15.0 Å². The van der Waals surface area contributed by atoms with Gasteiger partial charge in [0.05, 0.1) is 5.97 Å². The number of carboxylic acids is 1. The summed E-state index contributed by atoms with van der Waals surface area (Å²) in [6.45, 7) is 0. The van der Waals surface area contributed by atoms with Crippen LogP contribution < -0.4 is 39.4 Å². The molecular weight excluding hydrogens is 304 g/mol. The van der Waals surface area contributed by atoms with E-state index in [1.807, 2.05) is 0 Å². The molecule has 2 aromatic rings. The van der Waals surface area contributed by atoms with E-state index >= 15 is 0 Å². The van der Waals surface area contributed by atoms with Crippen LogP contribution in [-0.4, -0.2) is 20.9 Å². The van der Waals surface area contributed by atoms with Crippen LogP contribution in [0.1, 0.15) is 10.4 Å². The molecule has 0 aliphatic rings. The number of carboxylic acid groups (broad SMARTS) is 1. The Morgan fingerprint density at radius 2 is 1.58 bits per heavy atom. The van der Waals surface area contributed by atoms with Crippen LogP contribution in [0.25, 0.3) is 0 Å². The fourth-order valence-electron chi connectivity index (χ4n) is 1.12. The third-order valence-corrected chi connectivity index (χ3v) is 2.20. The minimum Gasteiger partial charge on any atom is -0.545 e. The molecule has 0 aliphatic heterocycles. The molecule has 92 valence electrons. The van der Waals surface area contributed by atoms with Crippen molar-refractivity contribution in [3.63, 3.8) is 0 Å². The second-order valence-electron chi connectivity index (χ2n) is 3.07. The van der Waals surface area contributed by atoms with Crippen molar-refractivity contribution in [2.75, 3.05) is 0 Å². The molecule has 19 heavy (non-hydrogen) atoms. The Bertz CT molecular complexity index is 575. The van der Waals surface area contributed by atoms with Crippen molar-refractivity contribution in [3.8, 4) is 11.8 Å². The number of hydrogen-bond donors (Lipinski definition) is 0. The summed E-state index contributed by atoms with van der Waals surface area (Å²) >= 11 is 11.1. The van der Waals surface area contributed by atoms with Crippen LogP contribution in [0.4, 0.5) is 0 Å². The quantitative estimate of drug-likeness (QED) is 0.631. The molecule has 0 N–H and O–H groups in total. The maximum atomic E-state index is 10.5. The molecule has 1 heterocycles. The van der Waals surface area contributed by atoms with Gasteiger partial charge in [-0.15, -0.1) is 0 Å². The van der Waals surface area contributed by atoms with Crippen molar-refractivity contribution in [2.24, 2.45) is 0 Å². The Hall–Kier alpha value is -0.920. The van der Waals surface area contributed by atoms with E-state index in [4.69, 9.17) is 27.9 Å². The van der Waals surface area contributed by atoms with Gasteiger partial charge >= 0.3 is 35.6 Å². The van der Waals surface area contributed by atoms with E-state index < -0.39 is 5.97 Å². The first kappa shape index (κ1) is 16.1. The largest absolute Gasteiger partial charge is 1.00 e. The molecule has 0 fully saturated rings. The Kier molecular flexibility index (Phi) is 5.96. The first-order valence-corrected chi connectivity index (χ1v) is 5.36. The molecule has 2 rings (SSSR count). The summed E-state index contributed by atoms with van der Waals surface area (Å²) in [6, 6.07) is 5.43. The number of aromatic carboxylic acids is 1. The molecule has 1 aromatic carbocycles. The van der Waals surface area contributed by atoms with Gasteiger partial charge in [0, 0.05) is 0 Å². The van der Waals surface area contributed by atoms with E-state index in [0.717, 1.165) is 0 Å². The summed E-state index contributed by atoms with van der Waals surface area (Å²) in [6.07, 6.45) is 0. The van der Waals surface area contributed by atoms with Gasteiger partial charge in [-0.1, -0.05) is 0 Å². The van der Waals surface area contributed by atoms with E-state index in [2.05, 4.69) is 15.0 Å². The third-order valence-electron chi connectivity index (χ3n) is 1.86. The zero-order valence-corrected chi connectivity index (χ0v) is 13.1. The molecule has 0 saturated carbocycles. The van der Waals surface area contributed by atoms with E-state index in [-0.39, 0.29) is 51.7 Å². The third kappa shape index (κ3) is 4.59. The number of nitrogens with zero attached hydrogens (tertiary/aromatic N) is 3. The molecule has 0 amide bonds. The molecule has 0 spiro atoms. The number of hydrogen-bond acceptors (Lipinski definition) is 6. The Balaban J connectivity index is 0.00000180. The smallest absolute Gasteiger partial charge is 0.545 e. The van der Waals surface area contributed by atoms with Crippen LogP contribution in [0, 0.1) is 0 Å². The molecule has 0 unspecified atom stereocenters. The zero-order chi connectivity index (χ0) is 13.1. The Labute approximate surface area is 140 Å². The van der Waals surface area contributed by atoms with Crippen molar-refractivity contribution < 1.29 is 44.2 Å². The normalized spacial score (nSPS) is 9.58. The van der Waals surface area contributed by atoms with Crippen LogP contribution in [0.2, 0.25) is 10.6 Å². The monoisotopic (exact) mass is 307 g/mol. The van der Waals surface area contributed by atoms with E-state index in [1.165, 1.54) is 24.3 Å². The number of carbonyl (C=O) groups is 1. The number of benzene rings is 1. The maximum Gasteiger partial charge on any atom is 1.00 e. The van der Waals surface area contributed by atoms with Crippen molar-refractivity contribution in [1.82, 2.24) is 15.0 Å². The summed E-state index contributed by atoms with van der Waals surface area (Å²) < 4.78 is 5.23. The molecule has 0 radical (unpaired) electrons. The molecule has 9 heteroatoms. The number of rotatable bonds is 3. The minimum atomic E-state index is -1.27. The number of halogens is 2. The summed E-state index contributed by atoms with van der Waals surface area (Å²) in [7, 11) is 0. The number of aromatic nitrogens is 3. The topological polar surface area (TPSA) is 88.0 Å². The van der Waals surface area contributed by atoms with E-state index in [1.54, 1.807) is 0 Å². The zero-order valence-electron chi connectivity index (χ0n) is 9.63. The average Bonchev–Trinajstić information content (AvgIpc) is 2.28. The molecular formula is C10H4Cl2N3NaO3. The first-order chi connectivity index (χ1) is 8.54. The van der Waals surface area contributed by atoms with Crippen molar-refractivity contribution in [2.45, 2.75) is 0 Å². The van der Waals surface area contributed by atoms with Crippen LogP contribution in [-0.2, 0) is 0 Å². The second kappa shape index (κ2) is 7.02. The van der Waals surface area contributed by atoms with Crippen molar-refractivity contribution in [1.29, 1.82) is 0 Å². The standard InChI is InChI=1S/C10H5Cl2N3O3.Na/c11-8-13-9(12)15-10(14-8)18-6-3-1-5(2-4-6)7(16)17;/h1-4H,(H,16,17);/q;+1/p-1. The van der Waals surface area contributed by atoms with Crippen LogP contribution in [0.15, 0.2) is 24.3 Å². The predicted octanol–water partition coefficient (Wildman–Crippen LogP) is -1.66. The second-order valence-corrected chi connectivity index (χ2v) is 3.75. The minimum absolute atomic E-state index is 0. The van der Waals surface area contributed by atoms with Gasteiger partial charge in [-0.05, 0) is 53.0 Å². The SMILES string of the molecule is O=C([O-])c1ccc(Oc2nc(Cl)nc(Cl)n2)cc1.[Na+]. The Morgan fingerprint density at radius 1 is 1.05 bits per heavy atom. The van der Waals surface area contributed by atoms with E-state index in [0.29, 0.717) is 5.75 Å². The van der Waals surface area contributed by atoms with Gasteiger partial charge in [-0.25, -0.2) is 0 Å². The molecule has 0 saturated heterocycles. The van der Waals surface area contributed by atoms with Crippen LogP contribution >= 0.6 is 23.2 Å². The predicted molar refractivity (Wildman–Crippen MR) is 60.7 cm³/mol. The summed E-state index contributed by atoms with van der Waals surface area (Å²) in [5.74, 6) is -0.939. The molecule has 0 aliphatic carbocycles. The van der Waals surface area contributed by atoms with Crippen molar-refractivity contribution >= 4 is 29.2 Å². The van der Waals surface area contributed by atoms with Crippen molar-refractivity contribution in [3.05, 3.63) is 40.4 Å². The van der Waals surface area contributed by atoms with Gasteiger partial charge in [0.1, 0.15) is 5.75 Å². The fraction of sp³-hybridized carbons (Fsp3) is 0. The molecule has 1 aromatic heterocycles. The maximum absolute atomic E-state index is 10.5. The van der Waals surface area contributed by atoms with Crippen LogP contribution in [0.3, 0.4) is 0 Å². The van der Waals surface area contributed by atoms with Gasteiger partial charge < -0.3 is 14.6 Å². The number of ether oxygens (including phenoxy) is 1. The summed E-state index contributed by atoms with van der Waals surface area (Å²) in [5.41, 5.74) is 0.0362. The van der Waals surface area contributed by atoms with Crippen LogP contribution in [0.5, 0.6) is 11.8 Å². The molecule has 6 nitrogen and oxygen atoms in total. The molecule has 0 atom stereocenters.